The molecule has 0 aliphatic carbocycles. The normalized spacial score (nSPS) is 11.9. The molecule has 1 N–H and O–H groups in total. The predicted octanol–water partition coefficient (Wildman–Crippen LogP) is 2.19. The van der Waals surface area contributed by atoms with Crippen LogP contribution in [-0.4, -0.2) is 32.9 Å². The van der Waals surface area contributed by atoms with Crippen molar-refractivity contribution < 1.29 is 14.3 Å². The van der Waals surface area contributed by atoms with Crippen LogP contribution in [0.4, 0.5) is 0 Å². The van der Waals surface area contributed by atoms with Gasteiger partial charge >= 0.3 is 0 Å². The van der Waals surface area contributed by atoms with Gasteiger partial charge in [-0.15, -0.1) is 10.2 Å². The number of fused-ring (bicyclic) bond motifs is 1. The van der Waals surface area contributed by atoms with Crippen molar-refractivity contribution in [3.8, 4) is 5.75 Å². The summed E-state index contributed by atoms with van der Waals surface area (Å²) in [7, 11) is 0. The fraction of sp³-hybridized carbons (Fsp3) is 0.222. The van der Waals surface area contributed by atoms with Crippen molar-refractivity contribution in [2.75, 3.05) is 6.61 Å². The molecule has 0 spiro atoms. The summed E-state index contributed by atoms with van der Waals surface area (Å²) in [6.45, 7) is 3.16. The maximum Gasteiger partial charge on any atom is 0.258 e. The monoisotopic (exact) mass is 338 g/mol. The number of aromatic nitrogens is 3. The Morgan fingerprint density at radius 3 is 2.84 bits per heavy atom. The van der Waals surface area contributed by atoms with Gasteiger partial charge in [0.25, 0.3) is 5.91 Å². The van der Waals surface area contributed by atoms with E-state index in [0.29, 0.717) is 17.1 Å². The smallest absolute Gasteiger partial charge is 0.258 e. The van der Waals surface area contributed by atoms with Crippen LogP contribution in [0.25, 0.3) is 5.65 Å². The van der Waals surface area contributed by atoms with E-state index in [9.17, 15) is 9.59 Å². The minimum atomic E-state index is -0.322. The highest BCUT2D eigenvalue weighted by molar-refractivity contribution is 5.94. The predicted molar refractivity (Wildman–Crippen MR) is 91.5 cm³/mol. The number of carbonyl (C=O) groups is 2. The molecule has 2 aromatic heterocycles. The van der Waals surface area contributed by atoms with Gasteiger partial charge in [-0.1, -0.05) is 18.2 Å². The summed E-state index contributed by atoms with van der Waals surface area (Å²) in [6.07, 6.45) is 1.84. The number of nitrogens with zero attached hydrogens (tertiary/aromatic N) is 3. The van der Waals surface area contributed by atoms with Crippen molar-refractivity contribution >= 4 is 17.3 Å². The van der Waals surface area contributed by atoms with Crippen molar-refractivity contribution in [3.63, 3.8) is 0 Å². The Morgan fingerprint density at radius 1 is 1.20 bits per heavy atom. The molecule has 1 atom stereocenters. The molecule has 3 aromatic rings. The highest BCUT2D eigenvalue weighted by atomic mass is 16.5. The zero-order chi connectivity index (χ0) is 17.8. The molecule has 1 unspecified atom stereocenters. The van der Waals surface area contributed by atoms with E-state index in [1.807, 2.05) is 35.7 Å². The standard InChI is InChI=1S/C18H18N4O3/c1-12(18-21-20-16-8-3-4-9-22(16)18)19-17(24)11-25-15-7-5-6-14(10-15)13(2)23/h3-10,12H,11H2,1-2H3,(H,19,24). The lowest BCUT2D eigenvalue weighted by molar-refractivity contribution is -0.123. The second kappa shape index (κ2) is 7.12. The van der Waals surface area contributed by atoms with Gasteiger partial charge in [0.05, 0.1) is 6.04 Å². The van der Waals surface area contributed by atoms with E-state index >= 15 is 0 Å². The lowest BCUT2D eigenvalue weighted by atomic mass is 10.1. The number of rotatable bonds is 6. The summed E-state index contributed by atoms with van der Waals surface area (Å²) in [5.41, 5.74) is 1.26. The van der Waals surface area contributed by atoms with Crippen molar-refractivity contribution in [1.82, 2.24) is 19.9 Å². The van der Waals surface area contributed by atoms with Gasteiger partial charge in [0.2, 0.25) is 0 Å². The zero-order valence-corrected chi connectivity index (χ0v) is 14.0. The fourth-order valence-corrected chi connectivity index (χ4v) is 2.46. The summed E-state index contributed by atoms with van der Waals surface area (Å²) in [4.78, 5) is 23.5. The van der Waals surface area contributed by atoms with Gasteiger partial charge in [-0.2, -0.15) is 0 Å². The van der Waals surface area contributed by atoms with Gasteiger partial charge in [-0.3, -0.25) is 14.0 Å². The summed E-state index contributed by atoms with van der Waals surface area (Å²) < 4.78 is 7.28. The molecular formula is C18H18N4O3. The molecule has 7 heteroatoms. The van der Waals surface area contributed by atoms with E-state index in [0.717, 1.165) is 5.65 Å². The summed E-state index contributed by atoms with van der Waals surface area (Å²) in [5, 5.41) is 11.0. The van der Waals surface area contributed by atoms with Crippen LogP contribution in [0.5, 0.6) is 5.75 Å². The summed E-state index contributed by atoms with van der Waals surface area (Å²) in [6, 6.07) is 12.0. The third kappa shape index (κ3) is 3.82. The molecule has 0 saturated heterocycles. The summed E-state index contributed by atoms with van der Waals surface area (Å²) >= 11 is 0. The number of ether oxygens (including phenoxy) is 1. The number of benzene rings is 1. The molecule has 0 aliphatic heterocycles. The Morgan fingerprint density at radius 2 is 2.04 bits per heavy atom. The van der Waals surface area contributed by atoms with Crippen molar-refractivity contribution in [2.24, 2.45) is 0 Å². The van der Waals surface area contributed by atoms with Crippen LogP contribution in [0.3, 0.4) is 0 Å². The topological polar surface area (TPSA) is 85.6 Å². The van der Waals surface area contributed by atoms with E-state index in [1.54, 1.807) is 24.3 Å². The third-order valence-corrected chi connectivity index (χ3v) is 3.72. The Kier molecular flexibility index (Phi) is 4.74. The molecule has 1 aromatic carbocycles. The number of amides is 1. The van der Waals surface area contributed by atoms with Crippen LogP contribution in [0, 0.1) is 0 Å². The number of hydrogen-bond donors (Lipinski definition) is 1. The fourth-order valence-electron chi connectivity index (χ4n) is 2.46. The number of nitrogens with one attached hydrogen (secondary N) is 1. The van der Waals surface area contributed by atoms with Gasteiger partial charge in [-0.25, -0.2) is 0 Å². The van der Waals surface area contributed by atoms with Crippen molar-refractivity contribution in [3.05, 3.63) is 60.0 Å². The highest BCUT2D eigenvalue weighted by Gasteiger charge is 2.16. The average molecular weight is 338 g/mol. The minimum absolute atomic E-state index is 0.0535. The molecular weight excluding hydrogens is 320 g/mol. The van der Waals surface area contributed by atoms with Crippen molar-refractivity contribution in [2.45, 2.75) is 19.9 Å². The number of carbonyl (C=O) groups excluding carboxylic acids is 2. The van der Waals surface area contributed by atoms with Crippen LogP contribution < -0.4 is 10.1 Å². The SMILES string of the molecule is CC(=O)c1cccc(OCC(=O)NC(C)c2nnc3ccccn23)c1. The third-order valence-electron chi connectivity index (χ3n) is 3.72. The Balaban J connectivity index is 1.61. The van der Waals surface area contributed by atoms with E-state index in [2.05, 4.69) is 15.5 Å². The molecule has 7 nitrogen and oxygen atoms in total. The van der Waals surface area contributed by atoms with Crippen LogP contribution in [0.2, 0.25) is 0 Å². The van der Waals surface area contributed by atoms with Gasteiger partial charge < -0.3 is 10.1 Å². The molecule has 0 aliphatic rings. The van der Waals surface area contributed by atoms with Gasteiger partial charge in [-0.05, 0) is 38.1 Å². The molecule has 3 rings (SSSR count). The highest BCUT2D eigenvalue weighted by Crippen LogP contribution is 2.14. The lowest BCUT2D eigenvalue weighted by Gasteiger charge is -2.13. The van der Waals surface area contributed by atoms with E-state index in [-0.39, 0.29) is 24.3 Å². The molecule has 0 fully saturated rings. The minimum Gasteiger partial charge on any atom is -0.484 e. The van der Waals surface area contributed by atoms with Crippen LogP contribution in [0.15, 0.2) is 48.7 Å². The summed E-state index contributed by atoms with van der Waals surface area (Å²) in [5.74, 6) is 0.779. The first-order valence-electron chi connectivity index (χ1n) is 7.87. The maximum atomic E-state index is 12.1. The average Bonchev–Trinajstić information content (AvgIpc) is 3.04. The Labute approximate surface area is 144 Å². The van der Waals surface area contributed by atoms with Crippen molar-refractivity contribution in [1.29, 1.82) is 0 Å². The number of pyridine rings is 1. The molecule has 1 amide bonds. The second-order valence-corrected chi connectivity index (χ2v) is 5.65. The Bertz CT molecular complexity index is 919. The quantitative estimate of drug-likeness (QED) is 0.696. The van der Waals surface area contributed by atoms with Crippen LogP contribution in [0.1, 0.15) is 36.1 Å². The van der Waals surface area contributed by atoms with E-state index < -0.39 is 0 Å². The van der Waals surface area contributed by atoms with Crippen LogP contribution >= 0.6 is 0 Å². The first-order valence-corrected chi connectivity index (χ1v) is 7.87. The lowest BCUT2D eigenvalue weighted by Crippen LogP contribution is -2.32. The number of hydrogen-bond acceptors (Lipinski definition) is 5. The zero-order valence-electron chi connectivity index (χ0n) is 14.0. The molecule has 128 valence electrons. The number of Topliss-reactive ketones (excluding diaryl/α,β-unsaturated/α-hetero) is 1. The molecule has 0 bridgehead atoms. The van der Waals surface area contributed by atoms with Gasteiger partial charge in [0, 0.05) is 11.8 Å². The first kappa shape index (κ1) is 16.6. The van der Waals surface area contributed by atoms with E-state index in [1.165, 1.54) is 6.92 Å². The molecule has 0 radical (unpaired) electrons. The number of ketones is 1. The van der Waals surface area contributed by atoms with Crippen LogP contribution in [-0.2, 0) is 4.79 Å². The second-order valence-electron chi connectivity index (χ2n) is 5.65. The molecule has 25 heavy (non-hydrogen) atoms. The largest absolute Gasteiger partial charge is 0.484 e. The molecule has 2 heterocycles. The van der Waals surface area contributed by atoms with Gasteiger partial charge in [0.1, 0.15) is 5.75 Å². The maximum absolute atomic E-state index is 12.1. The molecule has 0 saturated carbocycles. The van der Waals surface area contributed by atoms with E-state index in [4.69, 9.17) is 4.74 Å². The van der Waals surface area contributed by atoms with Gasteiger partial charge in [0.15, 0.2) is 23.9 Å². The Hall–Kier alpha value is -3.22. The first-order chi connectivity index (χ1) is 12.0.